The summed E-state index contributed by atoms with van der Waals surface area (Å²) in [5.41, 5.74) is 2.50. The van der Waals surface area contributed by atoms with Crippen LogP contribution >= 0.6 is 22.6 Å². The first-order valence-corrected chi connectivity index (χ1v) is 7.24. The molecular formula is C15H10IN3O2. The summed E-state index contributed by atoms with van der Waals surface area (Å²) >= 11 is 2.03. The maximum absolute atomic E-state index is 11.4. The van der Waals surface area contributed by atoms with E-state index in [1.54, 1.807) is 29.2 Å². The summed E-state index contributed by atoms with van der Waals surface area (Å²) in [5, 5.41) is 13.5. The Morgan fingerprint density at radius 1 is 1.10 bits per heavy atom. The lowest BCUT2D eigenvalue weighted by atomic mass is 10.1. The third kappa shape index (κ3) is 2.54. The van der Waals surface area contributed by atoms with Crippen LogP contribution in [0.2, 0.25) is 0 Å². The average molecular weight is 391 g/mol. The Morgan fingerprint density at radius 2 is 1.76 bits per heavy atom. The molecule has 0 aliphatic heterocycles. The lowest BCUT2D eigenvalue weighted by Gasteiger charge is -2.07. The molecule has 0 unspecified atom stereocenters. The molecule has 0 spiro atoms. The van der Waals surface area contributed by atoms with Crippen LogP contribution in [0.25, 0.3) is 16.9 Å². The van der Waals surface area contributed by atoms with Crippen molar-refractivity contribution in [2.24, 2.45) is 0 Å². The van der Waals surface area contributed by atoms with E-state index < -0.39 is 5.97 Å². The molecule has 0 saturated carbocycles. The van der Waals surface area contributed by atoms with Gasteiger partial charge < -0.3 is 5.11 Å². The second-order valence-corrected chi connectivity index (χ2v) is 5.38. The van der Waals surface area contributed by atoms with Crippen LogP contribution in [-0.4, -0.2) is 25.8 Å². The van der Waals surface area contributed by atoms with Gasteiger partial charge in [-0.2, -0.15) is 5.10 Å². The highest BCUT2D eigenvalue weighted by atomic mass is 127. The summed E-state index contributed by atoms with van der Waals surface area (Å²) in [4.78, 5) is 15.3. The van der Waals surface area contributed by atoms with Crippen molar-refractivity contribution in [1.29, 1.82) is 0 Å². The highest BCUT2D eigenvalue weighted by molar-refractivity contribution is 14.1. The molecule has 0 amide bonds. The van der Waals surface area contributed by atoms with E-state index in [-0.39, 0.29) is 5.69 Å². The Labute approximate surface area is 134 Å². The molecule has 3 rings (SSSR count). The van der Waals surface area contributed by atoms with Crippen LogP contribution in [0, 0.1) is 3.57 Å². The first kappa shape index (κ1) is 13.7. The van der Waals surface area contributed by atoms with E-state index in [0.29, 0.717) is 3.57 Å². The number of hydrogen-bond donors (Lipinski definition) is 1. The molecule has 0 radical (unpaired) electrons. The summed E-state index contributed by atoms with van der Waals surface area (Å²) in [5.74, 6) is -1.04. The standard InChI is InChI=1S/C15H10IN3O2/c16-12-13(15(20)21)18-19(11-6-8-17-9-7-11)14(12)10-4-2-1-3-5-10/h1-9H,(H,20,21). The minimum atomic E-state index is -1.04. The second kappa shape index (κ2) is 5.65. The zero-order valence-corrected chi connectivity index (χ0v) is 12.9. The molecule has 2 aromatic heterocycles. The molecule has 5 nitrogen and oxygen atoms in total. The largest absolute Gasteiger partial charge is 0.476 e. The number of carbonyl (C=O) groups is 1. The number of aromatic nitrogens is 3. The van der Waals surface area contributed by atoms with Crippen LogP contribution in [0.4, 0.5) is 0 Å². The van der Waals surface area contributed by atoms with Gasteiger partial charge in [-0.15, -0.1) is 0 Å². The maximum atomic E-state index is 11.4. The van der Waals surface area contributed by atoms with Crippen molar-refractivity contribution in [1.82, 2.24) is 14.8 Å². The third-order valence-corrected chi connectivity index (χ3v) is 4.01. The van der Waals surface area contributed by atoms with Crippen LogP contribution in [-0.2, 0) is 0 Å². The Hall–Kier alpha value is -2.22. The lowest BCUT2D eigenvalue weighted by Crippen LogP contribution is -2.02. The molecule has 3 aromatic rings. The fourth-order valence-corrected chi connectivity index (χ4v) is 2.93. The van der Waals surface area contributed by atoms with E-state index in [0.717, 1.165) is 16.9 Å². The quantitative estimate of drug-likeness (QED) is 0.697. The molecule has 0 bridgehead atoms. The van der Waals surface area contributed by atoms with Crippen molar-refractivity contribution in [3.8, 4) is 16.9 Å². The van der Waals surface area contributed by atoms with Crippen LogP contribution in [0.15, 0.2) is 54.9 Å². The molecule has 0 fully saturated rings. The summed E-state index contributed by atoms with van der Waals surface area (Å²) in [6, 6.07) is 13.2. The smallest absolute Gasteiger partial charge is 0.357 e. The number of halogens is 1. The zero-order valence-electron chi connectivity index (χ0n) is 10.8. The number of carboxylic acids is 1. The Balaban J connectivity index is 2.29. The summed E-state index contributed by atoms with van der Waals surface area (Å²) in [6.07, 6.45) is 3.30. The van der Waals surface area contributed by atoms with E-state index in [4.69, 9.17) is 0 Å². The van der Waals surface area contributed by atoms with Crippen LogP contribution < -0.4 is 0 Å². The van der Waals surface area contributed by atoms with Crippen molar-refractivity contribution >= 4 is 28.6 Å². The Bertz CT molecular complexity index is 785. The van der Waals surface area contributed by atoms with Gasteiger partial charge in [-0.05, 0) is 34.7 Å². The van der Waals surface area contributed by atoms with Gasteiger partial charge in [0.25, 0.3) is 0 Å². The third-order valence-electron chi connectivity index (χ3n) is 2.98. The fraction of sp³-hybridized carbons (Fsp3) is 0. The van der Waals surface area contributed by atoms with Gasteiger partial charge in [0.05, 0.1) is 15.0 Å². The topological polar surface area (TPSA) is 68.0 Å². The molecule has 1 aromatic carbocycles. The van der Waals surface area contributed by atoms with Crippen LogP contribution in [0.1, 0.15) is 10.5 Å². The zero-order chi connectivity index (χ0) is 14.8. The van der Waals surface area contributed by atoms with E-state index >= 15 is 0 Å². The Kier molecular flexibility index (Phi) is 3.70. The van der Waals surface area contributed by atoms with Gasteiger partial charge >= 0.3 is 5.97 Å². The molecule has 6 heteroatoms. The molecule has 0 aliphatic carbocycles. The first-order chi connectivity index (χ1) is 10.2. The van der Waals surface area contributed by atoms with Crippen molar-refractivity contribution in [3.63, 3.8) is 0 Å². The van der Waals surface area contributed by atoms with E-state index in [1.165, 1.54) is 0 Å². The number of hydrogen-bond acceptors (Lipinski definition) is 3. The van der Waals surface area contributed by atoms with Gasteiger partial charge in [0.1, 0.15) is 0 Å². The highest BCUT2D eigenvalue weighted by Gasteiger charge is 2.22. The SMILES string of the molecule is O=C(O)c1nn(-c2ccncc2)c(-c2ccccc2)c1I. The summed E-state index contributed by atoms with van der Waals surface area (Å²) in [7, 11) is 0. The van der Waals surface area contributed by atoms with E-state index in [9.17, 15) is 9.90 Å². The predicted octanol–water partition coefficient (Wildman–Crippen LogP) is 3.24. The van der Waals surface area contributed by atoms with Gasteiger partial charge in [-0.1, -0.05) is 30.3 Å². The van der Waals surface area contributed by atoms with Crippen molar-refractivity contribution < 1.29 is 9.90 Å². The summed E-state index contributed by atoms with van der Waals surface area (Å²) in [6.45, 7) is 0. The molecule has 0 saturated heterocycles. The van der Waals surface area contributed by atoms with Crippen molar-refractivity contribution in [3.05, 3.63) is 64.1 Å². The van der Waals surface area contributed by atoms with Crippen molar-refractivity contribution in [2.45, 2.75) is 0 Å². The Morgan fingerprint density at radius 3 is 2.38 bits per heavy atom. The minimum absolute atomic E-state index is 0.0475. The van der Waals surface area contributed by atoms with Crippen LogP contribution in [0.5, 0.6) is 0 Å². The molecule has 2 heterocycles. The second-order valence-electron chi connectivity index (χ2n) is 4.30. The van der Waals surface area contributed by atoms with Gasteiger partial charge in [0.2, 0.25) is 0 Å². The molecular weight excluding hydrogens is 381 g/mol. The predicted molar refractivity (Wildman–Crippen MR) is 86.5 cm³/mol. The normalized spacial score (nSPS) is 10.5. The van der Waals surface area contributed by atoms with Gasteiger partial charge in [-0.3, -0.25) is 4.98 Å². The molecule has 0 aliphatic rings. The summed E-state index contributed by atoms with van der Waals surface area (Å²) < 4.78 is 2.26. The van der Waals surface area contributed by atoms with Gasteiger partial charge in [-0.25, -0.2) is 9.48 Å². The minimum Gasteiger partial charge on any atom is -0.476 e. The van der Waals surface area contributed by atoms with E-state index in [2.05, 4.69) is 10.1 Å². The molecule has 1 N–H and O–H groups in total. The van der Waals surface area contributed by atoms with E-state index in [1.807, 2.05) is 52.9 Å². The fourth-order valence-electron chi connectivity index (χ4n) is 2.05. The molecule has 21 heavy (non-hydrogen) atoms. The number of nitrogens with zero attached hydrogens (tertiary/aromatic N) is 3. The molecule has 104 valence electrons. The van der Waals surface area contributed by atoms with Crippen LogP contribution in [0.3, 0.4) is 0 Å². The molecule has 0 atom stereocenters. The number of aromatic carboxylic acids is 1. The number of benzene rings is 1. The maximum Gasteiger partial charge on any atom is 0.357 e. The highest BCUT2D eigenvalue weighted by Crippen LogP contribution is 2.30. The van der Waals surface area contributed by atoms with Crippen molar-refractivity contribution in [2.75, 3.05) is 0 Å². The van der Waals surface area contributed by atoms with Gasteiger partial charge in [0.15, 0.2) is 5.69 Å². The number of carboxylic acid groups (broad SMARTS) is 1. The number of rotatable bonds is 3. The average Bonchev–Trinajstić information content (AvgIpc) is 2.87. The van der Waals surface area contributed by atoms with Gasteiger partial charge in [0, 0.05) is 18.0 Å². The lowest BCUT2D eigenvalue weighted by molar-refractivity contribution is 0.0689. The monoisotopic (exact) mass is 391 g/mol. The number of pyridine rings is 1. The first-order valence-electron chi connectivity index (χ1n) is 6.16.